The molecule has 17 heavy (non-hydrogen) atoms. The summed E-state index contributed by atoms with van der Waals surface area (Å²) in [5.74, 6) is 0. The van der Waals surface area contributed by atoms with Crippen molar-refractivity contribution in [2.75, 3.05) is 0 Å². The molecule has 3 rings (SSSR count). The average molecular weight is 402 g/mol. The van der Waals surface area contributed by atoms with Gasteiger partial charge < -0.3 is 7.43 Å². The molecule has 0 fully saturated rings. The van der Waals surface area contributed by atoms with Gasteiger partial charge in [0.2, 0.25) is 0 Å². The summed E-state index contributed by atoms with van der Waals surface area (Å²) in [4.78, 5) is 0. The zero-order valence-corrected chi connectivity index (χ0v) is 12.0. The van der Waals surface area contributed by atoms with Crippen LogP contribution in [0.1, 0.15) is 0 Å². The summed E-state index contributed by atoms with van der Waals surface area (Å²) in [5, 5.41) is 2.44. The second-order valence-electron chi connectivity index (χ2n) is 3.22. The van der Waals surface area contributed by atoms with E-state index in [1.807, 2.05) is 54.6 Å². The van der Waals surface area contributed by atoms with E-state index in [0.717, 1.165) is 0 Å². The van der Waals surface area contributed by atoms with Crippen molar-refractivity contribution >= 4 is 10.8 Å². The normalized spacial score (nSPS) is 8.24. The molecule has 0 atom stereocenters. The zero-order valence-electron chi connectivity index (χ0n) is 9.74. The fourth-order valence-corrected chi connectivity index (χ4v) is 1.38. The summed E-state index contributed by atoms with van der Waals surface area (Å²) in [6, 6.07) is 27.4. The van der Waals surface area contributed by atoms with E-state index in [1.165, 1.54) is 10.8 Å². The van der Waals surface area contributed by atoms with E-state index >= 15 is 0 Å². The van der Waals surface area contributed by atoms with Crippen LogP contribution in [0, 0.1) is 13.5 Å². The summed E-state index contributed by atoms with van der Waals surface area (Å²) >= 11 is 0. The quantitative estimate of drug-likeness (QED) is 0.486. The summed E-state index contributed by atoms with van der Waals surface area (Å²) in [5.41, 5.74) is 0. The molecule has 0 saturated carbocycles. The van der Waals surface area contributed by atoms with Gasteiger partial charge in [-0.05, 0) is 0 Å². The predicted octanol–water partition coefficient (Wildman–Crippen LogP) is 4.49. The number of hydrogen-bond acceptors (Lipinski definition) is 0. The Labute approximate surface area is 118 Å². The van der Waals surface area contributed by atoms with Crippen LogP contribution >= 0.6 is 0 Å². The van der Waals surface area contributed by atoms with Gasteiger partial charge in [-0.3, -0.25) is 0 Å². The van der Waals surface area contributed by atoms with Crippen molar-refractivity contribution in [3.63, 3.8) is 0 Å². The second-order valence-corrected chi connectivity index (χ2v) is 3.22. The van der Waals surface area contributed by atoms with Crippen LogP contribution in [0.15, 0.2) is 72.8 Å². The third-order valence-corrected chi connectivity index (χ3v) is 2.13. The Balaban J connectivity index is 0.000000318. The van der Waals surface area contributed by atoms with Crippen molar-refractivity contribution < 1.29 is 21.1 Å². The Morgan fingerprint density at radius 3 is 2.06 bits per heavy atom. The first-order valence-electron chi connectivity index (χ1n) is 4.99. The van der Waals surface area contributed by atoms with Crippen molar-refractivity contribution in [3.8, 4) is 0 Å². The maximum Gasteiger partial charge on any atom is 0 e. The first-order chi connectivity index (χ1) is 7.47. The molecule has 0 aliphatic carbocycles. The number of rotatable bonds is 0. The molecule has 1 heteroatoms. The van der Waals surface area contributed by atoms with Gasteiger partial charge in [0.25, 0.3) is 0 Å². The molecular weight excluding hydrogens is 387 g/mol. The van der Waals surface area contributed by atoms with E-state index in [2.05, 4.69) is 24.3 Å². The fraction of sp³-hybridized carbons (Fsp3) is 0. The van der Waals surface area contributed by atoms with Crippen molar-refractivity contribution in [2.45, 2.75) is 0 Å². The summed E-state index contributed by atoms with van der Waals surface area (Å²) in [6.45, 7) is 0. The SMILES string of the molecule is [CH3-].[Pt].[c-]1cccc2ccccc12.c1cc[cH-]c1. The predicted molar refractivity (Wildman–Crippen MR) is 71.2 cm³/mol. The fourth-order valence-electron chi connectivity index (χ4n) is 1.38. The molecule has 92 valence electrons. The van der Waals surface area contributed by atoms with Crippen molar-refractivity contribution in [2.24, 2.45) is 0 Å². The van der Waals surface area contributed by atoms with E-state index in [1.54, 1.807) is 0 Å². The smallest absolute Gasteiger partial charge is 0 e. The van der Waals surface area contributed by atoms with Crippen LogP contribution in [0.25, 0.3) is 10.8 Å². The molecule has 0 amide bonds. The Kier molecular flexibility index (Phi) is 8.18. The van der Waals surface area contributed by atoms with Crippen LogP contribution < -0.4 is 0 Å². The monoisotopic (exact) mass is 402 g/mol. The minimum Gasteiger partial charge on any atom is -0.358 e. The molecule has 0 heterocycles. The van der Waals surface area contributed by atoms with Crippen LogP contribution in [0.2, 0.25) is 0 Å². The molecule has 3 aromatic carbocycles. The van der Waals surface area contributed by atoms with Crippen molar-refractivity contribution in [1.82, 2.24) is 0 Å². The van der Waals surface area contributed by atoms with E-state index in [4.69, 9.17) is 0 Å². The van der Waals surface area contributed by atoms with Gasteiger partial charge in [0.05, 0.1) is 0 Å². The number of benzene rings is 2. The molecule has 0 N–H and O–H groups in total. The molecule has 0 aliphatic heterocycles. The van der Waals surface area contributed by atoms with Crippen molar-refractivity contribution in [3.05, 3.63) is 86.3 Å². The van der Waals surface area contributed by atoms with Crippen LogP contribution in [0.3, 0.4) is 0 Å². The topological polar surface area (TPSA) is 0 Å². The van der Waals surface area contributed by atoms with E-state index < -0.39 is 0 Å². The average Bonchev–Trinajstić information content (AvgIpc) is 2.88. The molecule has 3 aromatic rings. The molecule has 0 bridgehead atoms. The Morgan fingerprint density at radius 2 is 1.47 bits per heavy atom. The van der Waals surface area contributed by atoms with Gasteiger partial charge in [-0.25, -0.2) is 12.1 Å². The van der Waals surface area contributed by atoms with Gasteiger partial charge in [-0.1, -0.05) is 12.1 Å². The molecule has 0 saturated heterocycles. The van der Waals surface area contributed by atoms with E-state index in [9.17, 15) is 0 Å². The summed E-state index contributed by atoms with van der Waals surface area (Å²) < 4.78 is 0. The maximum absolute atomic E-state index is 3.15. The number of fused-ring (bicyclic) bond motifs is 1. The van der Waals surface area contributed by atoms with Gasteiger partial charge in [0, 0.05) is 21.1 Å². The van der Waals surface area contributed by atoms with Gasteiger partial charge in [0.1, 0.15) is 0 Å². The Bertz CT molecular complexity index is 415. The first kappa shape index (κ1) is 15.7. The zero-order chi connectivity index (χ0) is 10.3. The Morgan fingerprint density at radius 1 is 0.824 bits per heavy atom. The molecule has 0 nitrogen and oxygen atoms in total. The van der Waals surface area contributed by atoms with Gasteiger partial charge >= 0.3 is 0 Å². The minimum atomic E-state index is 0. The first-order valence-corrected chi connectivity index (χ1v) is 4.99. The summed E-state index contributed by atoms with van der Waals surface area (Å²) in [7, 11) is 0. The standard InChI is InChI=1S/C10H7.C5H5.CH3.Pt/c1-2-6-10-8-4-3-7-9(10)5-1;1-2-4-5-3-1;;/h1-7H;1-5H;1H3;/q3*-1;. The largest absolute Gasteiger partial charge is 0.358 e. The summed E-state index contributed by atoms with van der Waals surface area (Å²) in [6.07, 6.45) is 0. The van der Waals surface area contributed by atoms with Crippen LogP contribution in [-0.2, 0) is 21.1 Å². The maximum atomic E-state index is 3.15. The molecule has 0 aromatic heterocycles. The second kappa shape index (κ2) is 8.84. The molecular formula is C16H15Pt-3. The van der Waals surface area contributed by atoms with E-state index in [-0.39, 0.29) is 28.5 Å². The van der Waals surface area contributed by atoms with Crippen LogP contribution in [-0.4, -0.2) is 0 Å². The Hall–Kier alpha value is -1.26. The van der Waals surface area contributed by atoms with Gasteiger partial charge in [-0.2, -0.15) is 18.2 Å². The molecule has 0 radical (unpaired) electrons. The number of hydrogen-bond donors (Lipinski definition) is 0. The molecule has 0 aliphatic rings. The van der Waals surface area contributed by atoms with Crippen molar-refractivity contribution in [1.29, 1.82) is 0 Å². The minimum absolute atomic E-state index is 0. The molecule has 0 spiro atoms. The molecule has 0 unspecified atom stereocenters. The van der Waals surface area contributed by atoms with Gasteiger partial charge in [0.15, 0.2) is 0 Å². The third kappa shape index (κ3) is 5.06. The van der Waals surface area contributed by atoms with E-state index in [0.29, 0.717) is 0 Å². The van der Waals surface area contributed by atoms with Crippen LogP contribution in [0.4, 0.5) is 0 Å². The van der Waals surface area contributed by atoms with Crippen LogP contribution in [0.5, 0.6) is 0 Å². The third-order valence-electron chi connectivity index (χ3n) is 2.13. The van der Waals surface area contributed by atoms with Gasteiger partial charge in [-0.15, -0.1) is 47.2 Å².